The molecule has 0 aromatic carbocycles. The van der Waals surface area contributed by atoms with Crippen LogP contribution >= 0.6 is 0 Å². The summed E-state index contributed by atoms with van der Waals surface area (Å²) in [5.74, 6) is 0.910. The number of likely N-dealkylation sites (N-methyl/N-ethyl adjacent to an activating group) is 1. The van der Waals surface area contributed by atoms with Gasteiger partial charge in [-0.3, -0.25) is 14.6 Å². The number of anilines is 2. The third-order valence-corrected chi connectivity index (χ3v) is 6.60. The van der Waals surface area contributed by atoms with Gasteiger partial charge in [0.15, 0.2) is 0 Å². The Morgan fingerprint density at radius 2 is 1.88 bits per heavy atom. The van der Waals surface area contributed by atoms with Crippen molar-refractivity contribution in [2.75, 3.05) is 56.5 Å². The van der Waals surface area contributed by atoms with E-state index in [1.54, 1.807) is 6.21 Å². The standard InChI is InChI=1S/C23H29N7O2/c1-28-7-3-6-19(31)29-8-10-30(11-9-29)22-20-18(23(32)27-21(20)25-15-26-22)13-24-17-5-2-4-16(12-17)14-28/h2,4-5,13,15,17-18H,3,6-12,14H2,1H3,(H,25,26,27,32). The van der Waals surface area contributed by atoms with Crippen molar-refractivity contribution in [3.63, 3.8) is 0 Å². The number of fused-ring (bicyclic) bond motifs is 7. The van der Waals surface area contributed by atoms with E-state index in [9.17, 15) is 9.59 Å². The number of allylic oxidation sites excluding steroid dienone is 2. The van der Waals surface area contributed by atoms with Crippen LogP contribution in [0.25, 0.3) is 0 Å². The van der Waals surface area contributed by atoms with Crippen molar-refractivity contribution < 1.29 is 9.59 Å². The summed E-state index contributed by atoms with van der Waals surface area (Å²) in [5.41, 5.74) is 2.09. The van der Waals surface area contributed by atoms with Crippen LogP contribution in [0, 0.1) is 0 Å². The Balaban J connectivity index is 1.46. The van der Waals surface area contributed by atoms with Crippen molar-refractivity contribution >= 4 is 29.7 Å². The van der Waals surface area contributed by atoms with Crippen molar-refractivity contribution in [1.29, 1.82) is 0 Å². The van der Waals surface area contributed by atoms with Gasteiger partial charge in [0.2, 0.25) is 11.8 Å². The molecule has 1 aromatic rings. The molecular formula is C23H29N7O2. The predicted molar refractivity (Wildman–Crippen MR) is 123 cm³/mol. The van der Waals surface area contributed by atoms with Crippen molar-refractivity contribution in [2.24, 2.45) is 4.99 Å². The molecule has 0 saturated carbocycles. The molecule has 9 heteroatoms. The van der Waals surface area contributed by atoms with Crippen molar-refractivity contribution in [2.45, 2.75) is 31.2 Å². The van der Waals surface area contributed by atoms with Crippen LogP contribution in [-0.4, -0.2) is 90.2 Å². The first-order valence-corrected chi connectivity index (χ1v) is 11.3. The van der Waals surface area contributed by atoms with Gasteiger partial charge in [0, 0.05) is 45.4 Å². The first-order chi connectivity index (χ1) is 15.6. The molecule has 2 unspecified atom stereocenters. The highest BCUT2D eigenvalue weighted by atomic mass is 16.2. The quantitative estimate of drug-likeness (QED) is 0.658. The number of carbonyl (C=O) groups is 2. The summed E-state index contributed by atoms with van der Waals surface area (Å²) in [7, 11) is 2.10. The predicted octanol–water partition coefficient (Wildman–Crippen LogP) is 1.21. The Kier molecular flexibility index (Phi) is 5.73. The SMILES string of the molecule is CN1CCCC(=O)N2CCN(CC2)c2ncnc3c2C(C=NC2C=CC=C(C2)C1)C(=O)N3. The van der Waals surface area contributed by atoms with Crippen LogP contribution in [0.4, 0.5) is 11.6 Å². The maximum Gasteiger partial charge on any atom is 0.238 e. The minimum atomic E-state index is -0.509. The van der Waals surface area contributed by atoms with E-state index in [0.717, 1.165) is 37.3 Å². The maximum absolute atomic E-state index is 12.8. The molecule has 1 aliphatic carbocycles. The number of aliphatic imine (C=N–C) groups is 1. The zero-order valence-electron chi connectivity index (χ0n) is 18.4. The number of carbonyl (C=O) groups excluding carboxylic acids is 2. The fraction of sp³-hybridized carbons (Fsp3) is 0.522. The highest BCUT2D eigenvalue weighted by Gasteiger charge is 2.36. The fourth-order valence-corrected chi connectivity index (χ4v) is 4.88. The van der Waals surface area contributed by atoms with Gasteiger partial charge in [0.25, 0.3) is 0 Å². The zero-order valence-corrected chi connectivity index (χ0v) is 18.4. The van der Waals surface area contributed by atoms with E-state index in [4.69, 9.17) is 4.99 Å². The van der Waals surface area contributed by atoms with E-state index in [1.807, 2.05) is 11.0 Å². The molecule has 1 saturated heterocycles. The van der Waals surface area contributed by atoms with Gasteiger partial charge in [0.05, 0.1) is 11.6 Å². The van der Waals surface area contributed by atoms with Crippen LogP contribution in [-0.2, 0) is 9.59 Å². The van der Waals surface area contributed by atoms with Gasteiger partial charge in [-0.15, -0.1) is 0 Å². The lowest BCUT2D eigenvalue weighted by Crippen LogP contribution is -2.49. The number of aromatic nitrogens is 2. The molecule has 2 amide bonds. The van der Waals surface area contributed by atoms with E-state index in [1.165, 1.54) is 11.9 Å². The lowest BCUT2D eigenvalue weighted by molar-refractivity contribution is -0.131. The van der Waals surface area contributed by atoms with Crippen LogP contribution in [0.2, 0.25) is 0 Å². The lowest BCUT2D eigenvalue weighted by atomic mass is 9.99. The molecule has 168 valence electrons. The minimum absolute atomic E-state index is 0.0114. The average Bonchev–Trinajstić information content (AvgIpc) is 3.12. The molecule has 4 aliphatic heterocycles. The molecule has 6 rings (SSSR count). The Bertz CT molecular complexity index is 994. The Labute approximate surface area is 187 Å². The second-order valence-corrected chi connectivity index (χ2v) is 8.92. The molecule has 1 aromatic heterocycles. The largest absolute Gasteiger partial charge is 0.353 e. The highest BCUT2D eigenvalue weighted by molar-refractivity contribution is 6.13. The summed E-state index contributed by atoms with van der Waals surface area (Å²) in [6.45, 7) is 4.43. The molecule has 5 heterocycles. The minimum Gasteiger partial charge on any atom is -0.353 e. The summed E-state index contributed by atoms with van der Waals surface area (Å²) in [4.78, 5) is 45.5. The first-order valence-electron chi connectivity index (χ1n) is 11.3. The molecule has 2 atom stereocenters. The third-order valence-electron chi connectivity index (χ3n) is 6.60. The van der Waals surface area contributed by atoms with Crippen molar-refractivity contribution in [3.8, 4) is 0 Å². The summed E-state index contributed by atoms with van der Waals surface area (Å²) in [5, 5.41) is 2.89. The van der Waals surface area contributed by atoms with Gasteiger partial charge < -0.3 is 20.0 Å². The molecule has 0 spiro atoms. The third kappa shape index (κ3) is 4.17. The maximum atomic E-state index is 12.8. The molecule has 1 fully saturated rings. The Hall–Kier alpha value is -3.07. The normalized spacial score (nSPS) is 26.5. The topological polar surface area (TPSA) is 94.0 Å². The zero-order chi connectivity index (χ0) is 22.1. The smallest absolute Gasteiger partial charge is 0.238 e. The monoisotopic (exact) mass is 435 g/mol. The number of nitrogens with zero attached hydrogens (tertiary/aromatic N) is 6. The Morgan fingerprint density at radius 3 is 2.72 bits per heavy atom. The van der Waals surface area contributed by atoms with E-state index in [0.29, 0.717) is 38.4 Å². The molecular weight excluding hydrogens is 406 g/mol. The Morgan fingerprint density at radius 1 is 1.06 bits per heavy atom. The molecule has 4 bridgehead atoms. The molecule has 32 heavy (non-hydrogen) atoms. The molecule has 0 radical (unpaired) electrons. The summed E-state index contributed by atoms with van der Waals surface area (Å²) >= 11 is 0. The van der Waals surface area contributed by atoms with Crippen LogP contribution < -0.4 is 10.2 Å². The second kappa shape index (κ2) is 8.82. The van der Waals surface area contributed by atoms with E-state index >= 15 is 0 Å². The van der Waals surface area contributed by atoms with E-state index < -0.39 is 5.92 Å². The molecule has 1 N–H and O–H groups in total. The number of amides is 2. The summed E-state index contributed by atoms with van der Waals surface area (Å²) in [6.07, 6.45) is 11.8. The van der Waals surface area contributed by atoms with Crippen LogP contribution in [0.5, 0.6) is 0 Å². The lowest BCUT2D eigenvalue weighted by Gasteiger charge is -2.36. The molecule has 5 aliphatic rings. The van der Waals surface area contributed by atoms with Gasteiger partial charge in [-0.05, 0) is 26.4 Å². The van der Waals surface area contributed by atoms with Crippen molar-refractivity contribution in [3.05, 3.63) is 35.7 Å². The average molecular weight is 436 g/mol. The molecule has 9 nitrogen and oxygen atoms in total. The van der Waals surface area contributed by atoms with Crippen LogP contribution in [0.15, 0.2) is 35.1 Å². The number of hydrogen-bond donors (Lipinski definition) is 1. The summed E-state index contributed by atoms with van der Waals surface area (Å²) < 4.78 is 0. The van der Waals surface area contributed by atoms with Crippen LogP contribution in [0.1, 0.15) is 30.7 Å². The first kappa shape index (κ1) is 20.8. The number of nitrogens with one attached hydrogen (secondary N) is 1. The number of piperazine rings is 1. The van der Waals surface area contributed by atoms with Gasteiger partial charge in [-0.2, -0.15) is 0 Å². The van der Waals surface area contributed by atoms with E-state index in [-0.39, 0.29) is 17.9 Å². The van der Waals surface area contributed by atoms with Crippen LogP contribution in [0.3, 0.4) is 0 Å². The van der Waals surface area contributed by atoms with Gasteiger partial charge in [-0.25, -0.2) is 9.97 Å². The fourth-order valence-electron chi connectivity index (χ4n) is 4.88. The van der Waals surface area contributed by atoms with Gasteiger partial charge in [-0.1, -0.05) is 23.8 Å². The summed E-state index contributed by atoms with van der Waals surface area (Å²) in [6, 6.07) is 0.0114. The highest BCUT2D eigenvalue weighted by Crippen LogP contribution is 2.36. The van der Waals surface area contributed by atoms with Crippen molar-refractivity contribution in [1.82, 2.24) is 19.8 Å². The van der Waals surface area contributed by atoms with Gasteiger partial charge in [0.1, 0.15) is 23.9 Å². The van der Waals surface area contributed by atoms with Gasteiger partial charge >= 0.3 is 0 Å². The second-order valence-electron chi connectivity index (χ2n) is 8.92. The number of rotatable bonds is 0. The number of hydrogen-bond acceptors (Lipinski definition) is 7. The van der Waals surface area contributed by atoms with E-state index in [2.05, 4.69) is 44.3 Å².